The average Bonchev–Trinajstić information content (AvgIpc) is 2.44. The first-order valence-corrected chi connectivity index (χ1v) is 6.77. The van der Waals surface area contributed by atoms with Crippen LogP contribution in [-0.2, 0) is 4.79 Å². The van der Waals surface area contributed by atoms with Gasteiger partial charge >= 0.3 is 0 Å². The molecule has 2 amide bonds. The van der Waals surface area contributed by atoms with E-state index in [-0.39, 0.29) is 22.2 Å². The van der Waals surface area contributed by atoms with E-state index >= 15 is 0 Å². The number of halogens is 1. The molecule has 0 aliphatic carbocycles. The highest BCUT2D eigenvalue weighted by molar-refractivity contribution is 6.32. The number of nitrogens with one attached hydrogen (secondary N) is 2. The minimum absolute atomic E-state index is 0.0507. The largest absolute Gasteiger partial charge is 0.354 e. The average molecular weight is 314 g/mol. The number of nitrogens with zero attached hydrogens (tertiary/aromatic N) is 1. The molecule has 0 spiro atoms. The van der Waals surface area contributed by atoms with E-state index in [1.54, 1.807) is 0 Å². The van der Waals surface area contributed by atoms with E-state index in [1.807, 2.05) is 6.92 Å². The number of nitro benzene ring substituents is 1. The minimum atomic E-state index is -0.737. The van der Waals surface area contributed by atoms with Crippen LogP contribution in [0.15, 0.2) is 18.2 Å². The SMILES string of the molecule is CCCNC(=O)C(C)NC(=O)c1ccc(Cl)c([N+](=O)[O-])c1. The van der Waals surface area contributed by atoms with Crippen molar-refractivity contribution >= 4 is 29.1 Å². The second-order valence-electron chi connectivity index (χ2n) is 4.41. The Labute approximate surface area is 126 Å². The normalized spacial score (nSPS) is 11.6. The van der Waals surface area contributed by atoms with Crippen molar-refractivity contribution in [2.75, 3.05) is 6.54 Å². The van der Waals surface area contributed by atoms with Gasteiger partial charge in [0.25, 0.3) is 11.6 Å². The molecule has 7 nitrogen and oxygen atoms in total. The fourth-order valence-corrected chi connectivity index (χ4v) is 1.73. The minimum Gasteiger partial charge on any atom is -0.354 e. The number of amides is 2. The second kappa shape index (κ2) is 7.58. The van der Waals surface area contributed by atoms with E-state index in [2.05, 4.69) is 10.6 Å². The van der Waals surface area contributed by atoms with Gasteiger partial charge in [0, 0.05) is 18.2 Å². The van der Waals surface area contributed by atoms with Gasteiger partial charge in [-0.3, -0.25) is 19.7 Å². The summed E-state index contributed by atoms with van der Waals surface area (Å²) in [6.45, 7) is 3.97. The third-order valence-electron chi connectivity index (χ3n) is 2.70. The van der Waals surface area contributed by atoms with Crippen LogP contribution < -0.4 is 10.6 Å². The van der Waals surface area contributed by atoms with Gasteiger partial charge in [-0.05, 0) is 25.5 Å². The molecule has 0 saturated carbocycles. The van der Waals surface area contributed by atoms with Crippen molar-refractivity contribution < 1.29 is 14.5 Å². The number of nitro groups is 1. The third kappa shape index (κ3) is 4.71. The van der Waals surface area contributed by atoms with E-state index in [1.165, 1.54) is 19.1 Å². The van der Waals surface area contributed by atoms with Crippen molar-refractivity contribution in [2.24, 2.45) is 0 Å². The predicted octanol–water partition coefficient (Wildman–Crippen LogP) is 1.89. The molecule has 21 heavy (non-hydrogen) atoms. The summed E-state index contributed by atoms with van der Waals surface area (Å²) in [5, 5.41) is 15.8. The summed E-state index contributed by atoms with van der Waals surface area (Å²) in [6.07, 6.45) is 0.787. The first-order chi connectivity index (χ1) is 9.86. The summed E-state index contributed by atoms with van der Waals surface area (Å²) in [7, 11) is 0. The smallest absolute Gasteiger partial charge is 0.288 e. The Morgan fingerprint density at radius 3 is 2.67 bits per heavy atom. The molecule has 0 radical (unpaired) electrons. The second-order valence-corrected chi connectivity index (χ2v) is 4.82. The van der Waals surface area contributed by atoms with Crippen molar-refractivity contribution in [1.29, 1.82) is 0 Å². The lowest BCUT2D eigenvalue weighted by Gasteiger charge is -2.13. The summed E-state index contributed by atoms with van der Waals surface area (Å²) in [5.74, 6) is -0.887. The first kappa shape index (κ1) is 16.9. The number of benzene rings is 1. The van der Waals surface area contributed by atoms with Crippen molar-refractivity contribution in [1.82, 2.24) is 10.6 Å². The number of rotatable bonds is 6. The van der Waals surface area contributed by atoms with Gasteiger partial charge in [0.1, 0.15) is 11.1 Å². The first-order valence-electron chi connectivity index (χ1n) is 6.39. The van der Waals surface area contributed by atoms with Crippen LogP contribution in [0.5, 0.6) is 0 Å². The molecule has 1 atom stereocenters. The number of carbonyl (C=O) groups is 2. The van der Waals surface area contributed by atoms with Gasteiger partial charge in [-0.25, -0.2) is 0 Å². The van der Waals surface area contributed by atoms with Gasteiger partial charge in [-0.2, -0.15) is 0 Å². The van der Waals surface area contributed by atoms with Crippen LogP contribution in [0.4, 0.5) is 5.69 Å². The van der Waals surface area contributed by atoms with Crippen molar-refractivity contribution in [3.8, 4) is 0 Å². The van der Waals surface area contributed by atoms with Crippen molar-refractivity contribution in [3.63, 3.8) is 0 Å². The van der Waals surface area contributed by atoms with Gasteiger partial charge in [-0.1, -0.05) is 18.5 Å². The molecular weight excluding hydrogens is 298 g/mol. The lowest BCUT2D eigenvalue weighted by molar-refractivity contribution is -0.384. The van der Waals surface area contributed by atoms with Crippen LogP contribution in [0, 0.1) is 10.1 Å². The predicted molar refractivity (Wildman–Crippen MR) is 78.3 cm³/mol. The zero-order valence-corrected chi connectivity index (χ0v) is 12.4. The van der Waals surface area contributed by atoms with E-state index in [9.17, 15) is 19.7 Å². The molecule has 1 aromatic rings. The lowest BCUT2D eigenvalue weighted by Crippen LogP contribution is -2.45. The molecule has 1 aromatic carbocycles. The number of hydrogen-bond donors (Lipinski definition) is 2. The van der Waals surface area contributed by atoms with Crippen LogP contribution in [0.25, 0.3) is 0 Å². The fraction of sp³-hybridized carbons (Fsp3) is 0.385. The molecular formula is C13H16ClN3O4. The molecule has 2 N–H and O–H groups in total. The Bertz CT molecular complexity index is 562. The maximum absolute atomic E-state index is 12.0. The topological polar surface area (TPSA) is 101 Å². The zero-order chi connectivity index (χ0) is 16.0. The summed E-state index contributed by atoms with van der Waals surface area (Å²) >= 11 is 5.67. The van der Waals surface area contributed by atoms with Gasteiger partial charge in [0.2, 0.25) is 5.91 Å². The molecule has 0 saturated heterocycles. The molecule has 0 fully saturated rings. The van der Waals surface area contributed by atoms with E-state index in [4.69, 9.17) is 11.6 Å². The molecule has 1 rings (SSSR count). The zero-order valence-electron chi connectivity index (χ0n) is 11.7. The van der Waals surface area contributed by atoms with Gasteiger partial charge in [0.05, 0.1) is 4.92 Å². The van der Waals surface area contributed by atoms with Crippen LogP contribution >= 0.6 is 11.6 Å². The maximum Gasteiger partial charge on any atom is 0.288 e. The molecule has 0 heterocycles. The van der Waals surface area contributed by atoms with Crippen molar-refractivity contribution in [3.05, 3.63) is 38.9 Å². The Morgan fingerprint density at radius 1 is 1.43 bits per heavy atom. The number of hydrogen-bond acceptors (Lipinski definition) is 4. The monoisotopic (exact) mass is 313 g/mol. The molecule has 0 bridgehead atoms. The molecule has 0 aliphatic heterocycles. The summed E-state index contributed by atoms with van der Waals surface area (Å²) < 4.78 is 0. The van der Waals surface area contributed by atoms with Gasteiger partial charge in [-0.15, -0.1) is 0 Å². The highest BCUT2D eigenvalue weighted by Gasteiger charge is 2.19. The highest BCUT2D eigenvalue weighted by Crippen LogP contribution is 2.24. The lowest BCUT2D eigenvalue weighted by atomic mass is 10.1. The summed E-state index contributed by atoms with van der Waals surface area (Å²) in [4.78, 5) is 33.7. The highest BCUT2D eigenvalue weighted by atomic mass is 35.5. The standard InChI is InChI=1S/C13H16ClN3O4/c1-3-6-15-12(18)8(2)16-13(19)9-4-5-10(14)11(7-9)17(20)21/h4-5,7-8H,3,6H2,1-2H3,(H,15,18)(H,16,19). The molecule has 114 valence electrons. The van der Waals surface area contributed by atoms with Crippen LogP contribution in [0.3, 0.4) is 0 Å². The van der Waals surface area contributed by atoms with E-state index in [0.29, 0.717) is 6.54 Å². The fourth-order valence-electron chi connectivity index (χ4n) is 1.54. The third-order valence-corrected chi connectivity index (χ3v) is 3.01. The van der Waals surface area contributed by atoms with E-state index < -0.39 is 16.9 Å². The Hall–Kier alpha value is -2.15. The number of carbonyl (C=O) groups excluding carboxylic acids is 2. The van der Waals surface area contributed by atoms with Crippen LogP contribution in [-0.4, -0.2) is 29.3 Å². The summed E-state index contributed by atoms with van der Waals surface area (Å²) in [5.41, 5.74) is -0.284. The van der Waals surface area contributed by atoms with Crippen molar-refractivity contribution in [2.45, 2.75) is 26.3 Å². The Balaban J connectivity index is 2.78. The molecule has 1 unspecified atom stereocenters. The Kier molecular flexibility index (Phi) is 6.10. The molecule has 0 aromatic heterocycles. The quantitative estimate of drug-likeness (QED) is 0.618. The Morgan fingerprint density at radius 2 is 2.10 bits per heavy atom. The van der Waals surface area contributed by atoms with Gasteiger partial charge < -0.3 is 10.6 Å². The molecule has 0 aliphatic rings. The summed E-state index contributed by atoms with van der Waals surface area (Å²) in [6, 6.07) is 2.98. The maximum atomic E-state index is 12.0. The van der Waals surface area contributed by atoms with Crippen LogP contribution in [0.2, 0.25) is 5.02 Å². The van der Waals surface area contributed by atoms with E-state index in [0.717, 1.165) is 12.5 Å². The van der Waals surface area contributed by atoms with Gasteiger partial charge in [0.15, 0.2) is 0 Å². The molecule has 8 heteroatoms. The van der Waals surface area contributed by atoms with Crippen LogP contribution in [0.1, 0.15) is 30.6 Å².